The number of benzene rings is 2. The summed E-state index contributed by atoms with van der Waals surface area (Å²) in [5.74, 6) is 0.313. The maximum Gasteiger partial charge on any atom is 0.339 e. The van der Waals surface area contributed by atoms with Gasteiger partial charge in [-0.1, -0.05) is 30.7 Å². The van der Waals surface area contributed by atoms with Gasteiger partial charge in [-0.05, 0) is 80.7 Å². The van der Waals surface area contributed by atoms with Crippen LogP contribution in [0, 0.1) is 5.92 Å². The van der Waals surface area contributed by atoms with E-state index in [1.165, 1.54) is 18.5 Å². The van der Waals surface area contributed by atoms with Crippen LogP contribution < -0.4 is 15.5 Å². The molecule has 5 nitrogen and oxygen atoms in total. The van der Waals surface area contributed by atoms with Gasteiger partial charge in [0.2, 0.25) is 0 Å². The molecule has 31 heavy (non-hydrogen) atoms. The summed E-state index contributed by atoms with van der Waals surface area (Å²) in [7, 11) is 0. The zero-order chi connectivity index (χ0) is 22.4. The van der Waals surface area contributed by atoms with Gasteiger partial charge in [0.15, 0.2) is 5.11 Å². The summed E-state index contributed by atoms with van der Waals surface area (Å²) in [6, 6.07) is 13.8. The number of halogens is 1. The van der Waals surface area contributed by atoms with E-state index in [-0.39, 0.29) is 6.04 Å². The van der Waals surface area contributed by atoms with Crippen LogP contribution in [0.3, 0.4) is 0 Å². The van der Waals surface area contributed by atoms with E-state index in [9.17, 15) is 4.79 Å². The van der Waals surface area contributed by atoms with Gasteiger partial charge in [0.05, 0.1) is 23.2 Å². The van der Waals surface area contributed by atoms with E-state index in [0.29, 0.717) is 28.0 Å². The van der Waals surface area contributed by atoms with Crippen LogP contribution in [0.15, 0.2) is 42.5 Å². The van der Waals surface area contributed by atoms with E-state index >= 15 is 0 Å². The maximum absolute atomic E-state index is 11.9. The van der Waals surface area contributed by atoms with E-state index < -0.39 is 5.97 Å². The second kappa shape index (κ2) is 10.8. The van der Waals surface area contributed by atoms with Crippen molar-refractivity contribution in [3.63, 3.8) is 0 Å². The van der Waals surface area contributed by atoms with Gasteiger partial charge in [-0.25, -0.2) is 4.79 Å². The van der Waals surface area contributed by atoms with Crippen molar-refractivity contribution in [1.29, 1.82) is 0 Å². The Bertz CT molecular complexity index is 920. The third kappa shape index (κ3) is 6.34. The fourth-order valence-electron chi connectivity index (χ4n) is 3.81. The summed E-state index contributed by atoms with van der Waals surface area (Å²) in [6.45, 7) is 8.70. The Morgan fingerprint density at radius 1 is 1.29 bits per heavy atom. The number of hydrogen-bond donors (Lipinski definition) is 2. The number of esters is 1. The van der Waals surface area contributed by atoms with E-state index in [1.807, 2.05) is 0 Å². The molecule has 2 atom stereocenters. The lowest BCUT2D eigenvalue weighted by atomic mass is 9.99. The van der Waals surface area contributed by atoms with Gasteiger partial charge in [0, 0.05) is 24.5 Å². The van der Waals surface area contributed by atoms with Crippen LogP contribution in [-0.4, -0.2) is 30.8 Å². The highest BCUT2D eigenvalue weighted by molar-refractivity contribution is 7.80. The Kier molecular flexibility index (Phi) is 8.15. The number of anilines is 2. The smallest absolute Gasteiger partial charge is 0.339 e. The first-order valence-corrected chi connectivity index (χ1v) is 11.5. The first-order valence-electron chi connectivity index (χ1n) is 10.8. The normalized spacial score (nSPS) is 17.0. The van der Waals surface area contributed by atoms with Crippen molar-refractivity contribution < 1.29 is 9.53 Å². The minimum Gasteiger partial charge on any atom is -0.462 e. The summed E-state index contributed by atoms with van der Waals surface area (Å²) in [5, 5.41) is 7.23. The Balaban J connectivity index is 1.56. The topological polar surface area (TPSA) is 53.6 Å². The fourth-order valence-corrected chi connectivity index (χ4v) is 4.36. The van der Waals surface area contributed by atoms with E-state index in [1.54, 1.807) is 25.1 Å². The SMILES string of the molecule is CCOC(=O)c1ccc(NC(=S)N[C@H](C)c2ccc(N3CCC[C@@H](C)C3)cc2)cc1Cl. The number of rotatable bonds is 6. The van der Waals surface area contributed by atoms with Crippen LogP contribution in [0.25, 0.3) is 0 Å². The van der Waals surface area contributed by atoms with E-state index in [0.717, 1.165) is 24.6 Å². The van der Waals surface area contributed by atoms with Gasteiger partial charge >= 0.3 is 5.97 Å². The average Bonchev–Trinajstić information content (AvgIpc) is 2.74. The predicted molar refractivity (Wildman–Crippen MR) is 132 cm³/mol. The molecule has 0 aliphatic carbocycles. The van der Waals surface area contributed by atoms with Crippen molar-refractivity contribution in [2.75, 3.05) is 29.9 Å². The molecule has 2 N–H and O–H groups in total. The van der Waals surface area contributed by atoms with Crippen molar-refractivity contribution in [2.45, 2.75) is 39.7 Å². The summed E-state index contributed by atoms with van der Waals surface area (Å²) >= 11 is 11.7. The van der Waals surface area contributed by atoms with Crippen molar-refractivity contribution >= 4 is 46.3 Å². The molecule has 0 unspecified atom stereocenters. The number of nitrogens with one attached hydrogen (secondary N) is 2. The Labute approximate surface area is 195 Å². The molecule has 1 fully saturated rings. The standard InChI is InChI=1S/C24H30ClN3O2S/c1-4-30-23(29)21-12-9-19(14-22(21)25)27-24(31)26-17(3)18-7-10-20(11-8-18)28-13-5-6-16(2)15-28/h7-12,14,16-17H,4-6,13,15H2,1-3H3,(H2,26,27,31)/t16-,17-/m1/s1. The number of carbonyl (C=O) groups is 1. The van der Waals surface area contributed by atoms with Crippen LogP contribution in [0.2, 0.25) is 5.02 Å². The molecule has 0 saturated carbocycles. The Hall–Kier alpha value is -2.31. The third-order valence-corrected chi connectivity index (χ3v) is 6.02. The molecular formula is C24H30ClN3O2S. The molecule has 1 heterocycles. The van der Waals surface area contributed by atoms with Crippen molar-refractivity contribution in [3.8, 4) is 0 Å². The maximum atomic E-state index is 11.9. The third-order valence-electron chi connectivity index (χ3n) is 5.49. The number of carbonyl (C=O) groups excluding carboxylic acids is 1. The zero-order valence-electron chi connectivity index (χ0n) is 18.3. The molecule has 0 radical (unpaired) electrons. The molecule has 0 bridgehead atoms. The molecule has 7 heteroatoms. The van der Waals surface area contributed by atoms with E-state index in [4.69, 9.17) is 28.6 Å². The second-order valence-electron chi connectivity index (χ2n) is 8.02. The minimum absolute atomic E-state index is 0.0450. The predicted octanol–water partition coefficient (Wildman–Crippen LogP) is 5.80. The van der Waals surface area contributed by atoms with Gasteiger partial charge in [0.1, 0.15) is 0 Å². The highest BCUT2D eigenvalue weighted by Gasteiger charge is 2.17. The lowest BCUT2D eigenvalue weighted by Crippen LogP contribution is -2.34. The molecule has 1 aliphatic rings. The summed E-state index contributed by atoms with van der Waals surface area (Å²) in [6.07, 6.45) is 2.57. The number of hydrogen-bond acceptors (Lipinski definition) is 4. The van der Waals surface area contributed by atoms with Gasteiger partial charge in [-0.3, -0.25) is 0 Å². The van der Waals surface area contributed by atoms with Gasteiger partial charge in [-0.15, -0.1) is 0 Å². The molecule has 0 aromatic heterocycles. The van der Waals surface area contributed by atoms with Crippen LogP contribution in [0.1, 0.15) is 55.6 Å². The highest BCUT2D eigenvalue weighted by Crippen LogP contribution is 2.25. The number of piperidine rings is 1. The number of nitrogens with zero attached hydrogens (tertiary/aromatic N) is 1. The summed E-state index contributed by atoms with van der Waals surface area (Å²) in [5.41, 5.74) is 3.48. The highest BCUT2D eigenvalue weighted by atomic mass is 35.5. The van der Waals surface area contributed by atoms with E-state index in [2.05, 4.69) is 53.6 Å². The molecule has 3 rings (SSSR count). The lowest BCUT2D eigenvalue weighted by molar-refractivity contribution is 0.0526. The van der Waals surface area contributed by atoms with Gasteiger partial charge < -0.3 is 20.3 Å². The summed E-state index contributed by atoms with van der Waals surface area (Å²) in [4.78, 5) is 14.3. The monoisotopic (exact) mass is 459 g/mol. The minimum atomic E-state index is -0.434. The van der Waals surface area contributed by atoms with Gasteiger partial charge in [-0.2, -0.15) is 0 Å². The molecule has 1 saturated heterocycles. The molecule has 2 aromatic rings. The first-order chi connectivity index (χ1) is 14.9. The fraction of sp³-hybridized carbons (Fsp3) is 0.417. The molecule has 0 amide bonds. The number of ether oxygens (including phenoxy) is 1. The quantitative estimate of drug-likeness (QED) is 0.420. The second-order valence-corrected chi connectivity index (χ2v) is 8.84. The zero-order valence-corrected chi connectivity index (χ0v) is 19.9. The number of thiocarbonyl (C=S) groups is 1. The van der Waals surface area contributed by atoms with Crippen LogP contribution >= 0.6 is 23.8 Å². The Morgan fingerprint density at radius 3 is 2.68 bits per heavy atom. The van der Waals surface area contributed by atoms with Crippen LogP contribution in [0.4, 0.5) is 11.4 Å². The first kappa shape index (κ1) is 23.4. The van der Waals surface area contributed by atoms with Crippen LogP contribution in [-0.2, 0) is 4.74 Å². The van der Waals surface area contributed by atoms with Gasteiger partial charge in [0.25, 0.3) is 0 Å². The largest absolute Gasteiger partial charge is 0.462 e. The molecule has 0 spiro atoms. The molecule has 2 aromatic carbocycles. The van der Waals surface area contributed by atoms with Crippen LogP contribution in [0.5, 0.6) is 0 Å². The van der Waals surface area contributed by atoms with Crippen molar-refractivity contribution in [1.82, 2.24) is 5.32 Å². The average molecular weight is 460 g/mol. The van der Waals surface area contributed by atoms with Crippen molar-refractivity contribution in [3.05, 3.63) is 58.6 Å². The van der Waals surface area contributed by atoms with Crippen molar-refractivity contribution in [2.24, 2.45) is 5.92 Å². The molecule has 166 valence electrons. The lowest BCUT2D eigenvalue weighted by Gasteiger charge is -2.33. The Morgan fingerprint density at radius 2 is 2.03 bits per heavy atom. The summed E-state index contributed by atoms with van der Waals surface area (Å²) < 4.78 is 5.00. The molecular weight excluding hydrogens is 430 g/mol. The molecule has 1 aliphatic heterocycles.